The lowest BCUT2D eigenvalue weighted by Crippen LogP contribution is -2.04. The topological polar surface area (TPSA) is 38.3 Å². The Balaban J connectivity index is 2.09. The molecule has 0 fully saturated rings. The molecule has 2 rings (SSSR count). The third kappa shape index (κ3) is 3.54. The highest BCUT2D eigenvalue weighted by molar-refractivity contribution is 5.90. The van der Waals surface area contributed by atoms with Crippen molar-refractivity contribution in [3.63, 3.8) is 0 Å². The molecule has 0 unspecified atom stereocenters. The summed E-state index contributed by atoms with van der Waals surface area (Å²) in [6, 6.07) is 10.0. The van der Waals surface area contributed by atoms with Gasteiger partial charge in [0.2, 0.25) is 0 Å². The van der Waals surface area contributed by atoms with Gasteiger partial charge in [-0.1, -0.05) is 6.07 Å². The first kappa shape index (κ1) is 14.0. The van der Waals surface area contributed by atoms with E-state index in [1.165, 1.54) is 19.2 Å². The molecule has 0 atom stereocenters. The van der Waals surface area contributed by atoms with E-state index < -0.39 is 17.6 Å². The molecule has 0 aliphatic heterocycles. The van der Waals surface area contributed by atoms with E-state index in [0.29, 0.717) is 16.8 Å². The number of halogens is 2. The molecule has 2 aromatic carbocycles. The highest BCUT2D eigenvalue weighted by atomic mass is 19.1. The molecule has 104 valence electrons. The summed E-state index contributed by atoms with van der Waals surface area (Å²) in [5.41, 5.74) is 1.55. The fourth-order valence-electron chi connectivity index (χ4n) is 1.79. The maximum atomic E-state index is 13.0. The highest BCUT2D eigenvalue weighted by Crippen LogP contribution is 2.14. The Morgan fingerprint density at radius 1 is 1.15 bits per heavy atom. The van der Waals surface area contributed by atoms with E-state index in [1.54, 1.807) is 24.3 Å². The van der Waals surface area contributed by atoms with Crippen molar-refractivity contribution in [3.8, 4) is 0 Å². The number of carbonyl (C=O) groups is 1. The van der Waals surface area contributed by atoms with Crippen molar-refractivity contribution in [1.29, 1.82) is 0 Å². The van der Waals surface area contributed by atoms with Crippen molar-refractivity contribution in [2.45, 2.75) is 6.54 Å². The van der Waals surface area contributed by atoms with Gasteiger partial charge >= 0.3 is 5.97 Å². The van der Waals surface area contributed by atoms with Crippen molar-refractivity contribution >= 4 is 11.7 Å². The molecular weight excluding hydrogens is 264 g/mol. The number of carbonyl (C=O) groups excluding carboxylic acids is 1. The summed E-state index contributed by atoms with van der Waals surface area (Å²) < 4.78 is 30.7. The third-order valence-corrected chi connectivity index (χ3v) is 2.70. The summed E-state index contributed by atoms with van der Waals surface area (Å²) in [4.78, 5) is 11.4. The second-order valence-electron chi connectivity index (χ2n) is 4.20. The number of methoxy groups -OCH3 is 1. The molecule has 0 aliphatic carbocycles. The molecule has 0 radical (unpaired) electrons. The van der Waals surface area contributed by atoms with Crippen molar-refractivity contribution in [2.24, 2.45) is 0 Å². The largest absolute Gasteiger partial charge is 0.465 e. The van der Waals surface area contributed by atoms with Gasteiger partial charge in [0.05, 0.1) is 12.7 Å². The first-order valence-corrected chi connectivity index (χ1v) is 5.95. The molecule has 0 amide bonds. The minimum atomic E-state index is -0.620. The molecule has 0 bridgehead atoms. The third-order valence-electron chi connectivity index (χ3n) is 2.70. The number of anilines is 1. The van der Waals surface area contributed by atoms with Gasteiger partial charge in [0.15, 0.2) is 0 Å². The summed E-state index contributed by atoms with van der Waals surface area (Å²) in [6.45, 7) is 0.249. The van der Waals surface area contributed by atoms with Crippen LogP contribution in [-0.4, -0.2) is 13.1 Å². The molecule has 1 N–H and O–H groups in total. The van der Waals surface area contributed by atoms with Gasteiger partial charge in [-0.05, 0) is 35.9 Å². The molecule has 2 aromatic rings. The maximum absolute atomic E-state index is 13.0. The number of benzene rings is 2. The van der Waals surface area contributed by atoms with Crippen LogP contribution in [0.3, 0.4) is 0 Å². The fraction of sp³-hybridized carbons (Fsp3) is 0.133. The molecule has 5 heteroatoms. The Morgan fingerprint density at radius 2 is 1.85 bits per heavy atom. The molecule has 0 aliphatic rings. The van der Waals surface area contributed by atoms with Crippen molar-refractivity contribution in [1.82, 2.24) is 0 Å². The Bertz CT molecular complexity index is 609. The molecule has 0 aromatic heterocycles. The highest BCUT2D eigenvalue weighted by Gasteiger charge is 2.06. The van der Waals surface area contributed by atoms with E-state index in [2.05, 4.69) is 10.1 Å². The summed E-state index contributed by atoms with van der Waals surface area (Å²) in [5.74, 6) is -1.68. The van der Waals surface area contributed by atoms with Gasteiger partial charge < -0.3 is 10.1 Å². The van der Waals surface area contributed by atoms with Gasteiger partial charge in [-0.25, -0.2) is 13.6 Å². The number of hydrogen-bond acceptors (Lipinski definition) is 3. The number of nitrogens with one attached hydrogen (secondary N) is 1. The zero-order chi connectivity index (χ0) is 14.5. The van der Waals surface area contributed by atoms with Crippen LogP contribution in [0.5, 0.6) is 0 Å². The van der Waals surface area contributed by atoms with Crippen LogP contribution in [0.25, 0.3) is 0 Å². The normalized spacial score (nSPS) is 10.2. The molecular formula is C15H13F2NO2. The van der Waals surface area contributed by atoms with Crippen molar-refractivity contribution in [2.75, 3.05) is 12.4 Å². The molecule has 0 spiro atoms. The van der Waals surface area contributed by atoms with Crippen LogP contribution in [0.1, 0.15) is 15.9 Å². The zero-order valence-corrected chi connectivity index (χ0v) is 10.8. The second kappa shape index (κ2) is 6.14. The number of ether oxygens (including phenoxy) is 1. The van der Waals surface area contributed by atoms with Gasteiger partial charge in [0.1, 0.15) is 11.6 Å². The van der Waals surface area contributed by atoms with Gasteiger partial charge in [-0.3, -0.25) is 0 Å². The van der Waals surface area contributed by atoms with Gasteiger partial charge in [-0.2, -0.15) is 0 Å². The maximum Gasteiger partial charge on any atom is 0.337 e. The lowest BCUT2D eigenvalue weighted by atomic mass is 10.2. The second-order valence-corrected chi connectivity index (χ2v) is 4.20. The molecule has 0 heterocycles. The average molecular weight is 277 g/mol. The summed E-state index contributed by atoms with van der Waals surface area (Å²) in [7, 11) is 1.30. The summed E-state index contributed by atoms with van der Waals surface area (Å²) in [6.07, 6.45) is 0. The van der Waals surface area contributed by atoms with E-state index in [4.69, 9.17) is 0 Å². The molecule has 0 saturated heterocycles. The Hall–Kier alpha value is -2.43. The number of rotatable bonds is 4. The smallest absolute Gasteiger partial charge is 0.337 e. The fourth-order valence-corrected chi connectivity index (χ4v) is 1.79. The van der Waals surface area contributed by atoms with Gasteiger partial charge in [0, 0.05) is 18.3 Å². The predicted octanol–water partition coefficient (Wildman–Crippen LogP) is 3.36. The number of esters is 1. The monoisotopic (exact) mass is 277 g/mol. The Labute approximate surface area is 115 Å². The van der Waals surface area contributed by atoms with Gasteiger partial charge in [0.25, 0.3) is 0 Å². The van der Waals surface area contributed by atoms with Gasteiger partial charge in [-0.15, -0.1) is 0 Å². The lowest BCUT2D eigenvalue weighted by Gasteiger charge is -2.08. The van der Waals surface area contributed by atoms with Crippen molar-refractivity contribution < 1.29 is 18.3 Å². The first-order valence-electron chi connectivity index (χ1n) is 5.95. The van der Waals surface area contributed by atoms with Crippen molar-refractivity contribution in [3.05, 3.63) is 65.2 Å². The first-order chi connectivity index (χ1) is 9.58. The van der Waals surface area contributed by atoms with E-state index in [-0.39, 0.29) is 6.54 Å². The molecule has 20 heavy (non-hydrogen) atoms. The van der Waals surface area contributed by atoms with Crippen LogP contribution in [0.15, 0.2) is 42.5 Å². The van der Waals surface area contributed by atoms with E-state index in [9.17, 15) is 13.6 Å². The quantitative estimate of drug-likeness (QED) is 0.871. The van der Waals surface area contributed by atoms with Crippen LogP contribution < -0.4 is 5.32 Å². The van der Waals surface area contributed by atoms with E-state index in [1.807, 2.05) is 0 Å². The van der Waals surface area contributed by atoms with Crippen LogP contribution in [0.4, 0.5) is 14.5 Å². The molecule has 3 nitrogen and oxygen atoms in total. The Kier molecular flexibility index (Phi) is 4.30. The SMILES string of the molecule is COC(=O)c1cccc(NCc2cc(F)cc(F)c2)c1. The Morgan fingerprint density at radius 3 is 2.50 bits per heavy atom. The molecule has 0 saturated carbocycles. The minimum Gasteiger partial charge on any atom is -0.465 e. The lowest BCUT2D eigenvalue weighted by molar-refractivity contribution is 0.0601. The average Bonchev–Trinajstić information content (AvgIpc) is 2.43. The van der Waals surface area contributed by atoms with Crippen LogP contribution in [0.2, 0.25) is 0 Å². The summed E-state index contributed by atoms with van der Waals surface area (Å²) >= 11 is 0. The predicted molar refractivity (Wildman–Crippen MR) is 71.5 cm³/mol. The standard InChI is InChI=1S/C15H13F2NO2/c1-20-15(19)11-3-2-4-14(7-11)18-9-10-5-12(16)8-13(17)6-10/h2-8,18H,9H2,1H3. The van der Waals surface area contributed by atoms with E-state index >= 15 is 0 Å². The van der Waals surface area contributed by atoms with E-state index in [0.717, 1.165) is 6.07 Å². The van der Waals surface area contributed by atoms with Crippen LogP contribution in [-0.2, 0) is 11.3 Å². The van der Waals surface area contributed by atoms with Crippen LogP contribution in [0, 0.1) is 11.6 Å². The summed E-state index contributed by atoms with van der Waals surface area (Å²) in [5, 5.41) is 2.99. The minimum absolute atomic E-state index is 0.249. The number of hydrogen-bond donors (Lipinski definition) is 1. The van der Waals surface area contributed by atoms with Crippen LogP contribution >= 0.6 is 0 Å². The zero-order valence-electron chi connectivity index (χ0n) is 10.8.